The number of ketones is 1. The van der Waals surface area contributed by atoms with Crippen LogP contribution in [-0.2, 0) is 25.7 Å². The predicted octanol–water partition coefficient (Wildman–Crippen LogP) is 1.19. The number of carboxylic acid groups (broad SMARTS) is 1. The molecule has 9 heteroatoms. The van der Waals surface area contributed by atoms with E-state index in [-0.39, 0.29) is 13.0 Å². The molecule has 0 aliphatic carbocycles. The highest BCUT2D eigenvalue weighted by molar-refractivity contribution is 5.94. The van der Waals surface area contributed by atoms with Crippen LogP contribution in [0.4, 0.5) is 9.18 Å². The number of benzene rings is 1. The summed E-state index contributed by atoms with van der Waals surface area (Å²) in [6.45, 7) is 0.208. The zero-order chi connectivity index (χ0) is 19.5. The first-order valence-corrected chi connectivity index (χ1v) is 7.95. The first-order chi connectivity index (χ1) is 12.4. The summed E-state index contributed by atoms with van der Waals surface area (Å²) in [5.41, 5.74) is 0.759. The van der Waals surface area contributed by atoms with Crippen molar-refractivity contribution in [1.29, 1.82) is 0 Å². The lowest BCUT2D eigenvalue weighted by Gasteiger charge is -2.20. The summed E-state index contributed by atoms with van der Waals surface area (Å²) >= 11 is 0. The van der Waals surface area contributed by atoms with Crippen LogP contribution >= 0.6 is 0 Å². The number of Topliss-reactive ketones (excluding diaryl/α,β-unsaturated/α-hetero) is 1. The normalized spacial score (nSPS) is 12.5. The Morgan fingerprint density at radius 1 is 1.12 bits per heavy atom. The molecule has 26 heavy (non-hydrogen) atoms. The Morgan fingerprint density at radius 3 is 2.31 bits per heavy atom. The fourth-order valence-electron chi connectivity index (χ4n) is 2.05. The average molecular weight is 368 g/mol. The Morgan fingerprint density at radius 2 is 1.77 bits per heavy atom. The second-order valence-electron chi connectivity index (χ2n) is 5.43. The van der Waals surface area contributed by atoms with Gasteiger partial charge < -0.3 is 20.5 Å². The van der Waals surface area contributed by atoms with E-state index in [0.717, 1.165) is 5.56 Å². The molecule has 2 atom stereocenters. The fourth-order valence-corrected chi connectivity index (χ4v) is 2.05. The van der Waals surface area contributed by atoms with Crippen LogP contribution < -0.4 is 10.6 Å². The van der Waals surface area contributed by atoms with Gasteiger partial charge in [0.1, 0.15) is 25.4 Å². The largest absolute Gasteiger partial charge is 0.481 e. The smallest absolute Gasteiger partial charge is 0.408 e. The monoisotopic (exact) mass is 368 g/mol. The van der Waals surface area contributed by atoms with Gasteiger partial charge in [-0.3, -0.25) is 14.4 Å². The van der Waals surface area contributed by atoms with Crippen LogP contribution in [0.15, 0.2) is 30.3 Å². The average Bonchev–Trinajstić information content (AvgIpc) is 2.63. The minimum absolute atomic E-state index is 0.00665. The molecule has 0 spiro atoms. The van der Waals surface area contributed by atoms with E-state index < -0.39 is 48.9 Å². The Bertz CT molecular complexity index is 637. The number of nitrogens with one attached hydrogen (secondary N) is 2. The SMILES string of the molecule is CCC(NC(=O)OCc1ccccc1)C(=O)NC(CC(=O)O)C(=O)CF. The van der Waals surface area contributed by atoms with E-state index in [4.69, 9.17) is 9.84 Å². The molecule has 2 unspecified atom stereocenters. The number of carbonyl (C=O) groups is 4. The molecule has 2 amide bonds. The first kappa shape index (κ1) is 21.1. The molecular weight excluding hydrogens is 347 g/mol. The van der Waals surface area contributed by atoms with Crippen molar-refractivity contribution in [2.24, 2.45) is 0 Å². The van der Waals surface area contributed by atoms with Crippen LogP contribution in [0.1, 0.15) is 25.3 Å². The fraction of sp³-hybridized carbons (Fsp3) is 0.412. The molecule has 8 nitrogen and oxygen atoms in total. The van der Waals surface area contributed by atoms with E-state index in [1.54, 1.807) is 31.2 Å². The number of rotatable bonds is 10. The third kappa shape index (κ3) is 7.29. The number of halogens is 1. The van der Waals surface area contributed by atoms with Crippen LogP contribution in [0.3, 0.4) is 0 Å². The third-order valence-electron chi connectivity index (χ3n) is 3.45. The molecule has 0 saturated heterocycles. The maximum atomic E-state index is 12.5. The summed E-state index contributed by atoms with van der Waals surface area (Å²) in [5.74, 6) is -3.21. The van der Waals surface area contributed by atoms with Crippen molar-refractivity contribution >= 4 is 23.8 Å². The van der Waals surface area contributed by atoms with Crippen molar-refractivity contribution in [2.75, 3.05) is 6.67 Å². The number of amides is 2. The van der Waals surface area contributed by atoms with Crippen molar-refractivity contribution in [1.82, 2.24) is 10.6 Å². The molecule has 1 rings (SSSR count). The van der Waals surface area contributed by atoms with Crippen molar-refractivity contribution < 1.29 is 33.4 Å². The molecule has 0 aromatic heterocycles. The topological polar surface area (TPSA) is 122 Å². The van der Waals surface area contributed by atoms with Gasteiger partial charge in [-0.25, -0.2) is 9.18 Å². The van der Waals surface area contributed by atoms with Crippen LogP contribution in [-0.4, -0.2) is 47.6 Å². The minimum atomic E-state index is -1.50. The molecule has 1 aromatic carbocycles. The molecule has 0 heterocycles. The van der Waals surface area contributed by atoms with Gasteiger partial charge in [-0.1, -0.05) is 37.3 Å². The highest BCUT2D eigenvalue weighted by Crippen LogP contribution is 2.03. The van der Waals surface area contributed by atoms with E-state index in [1.165, 1.54) is 0 Å². The number of alkyl carbamates (subject to hydrolysis) is 1. The third-order valence-corrected chi connectivity index (χ3v) is 3.45. The second kappa shape index (κ2) is 10.8. The van der Waals surface area contributed by atoms with Gasteiger partial charge >= 0.3 is 12.1 Å². The van der Waals surface area contributed by atoms with Crippen molar-refractivity contribution in [3.8, 4) is 0 Å². The van der Waals surface area contributed by atoms with Gasteiger partial charge in [0, 0.05) is 0 Å². The van der Waals surface area contributed by atoms with Gasteiger partial charge in [-0.05, 0) is 12.0 Å². The summed E-state index contributed by atoms with van der Waals surface area (Å²) in [4.78, 5) is 46.1. The van der Waals surface area contributed by atoms with Crippen molar-refractivity contribution in [2.45, 2.75) is 38.5 Å². The van der Waals surface area contributed by atoms with Gasteiger partial charge in [0.25, 0.3) is 0 Å². The Kier molecular flexibility index (Phi) is 8.76. The first-order valence-electron chi connectivity index (χ1n) is 7.95. The number of ether oxygens (including phenoxy) is 1. The van der Waals surface area contributed by atoms with E-state index in [0.29, 0.717) is 0 Å². The van der Waals surface area contributed by atoms with Crippen LogP contribution in [0.2, 0.25) is 0 Å². The Balaban J connectivity index is 2.59. The van der Waals surface area contributed by atoms with E-state index in [1.807, 2.05) is 6.07 Å². The molecule has 1 aromatic rings. The molecule has 0 bridgehead atoms. The predicted molar refractivity (Wildman–Crippen MR) is 89.0 cm³/mol. The molecule has 3 N–H and O–H groups in total. The van der Waals surface area contributed by atoms with Crippen molar-refractivity contribution in [3.05, 3.63) is 35.9 Å². The molecule has 0 aliphatic rings. The maximum Gasteiger partial charge on any atom is 0.408 e. The van der Waals surface area contributed by atoms with E-state index in [2.05, 4.69) is 10.6 Å². The van der Waals surface area contributed by atoms with E-state index in [9.17, 15) is 23.6 Å². The molecule has 142 valence electrons. The molecule has 0 saturated carbocycles. The zero-order valence-electron chi connectivity index (χ0n) is 14.2. The highest BCUT2D eigenvalue weighted by atomic mass is 19.1. The lowest BCUT2D eigenvalue weighted by Crippen LogP contribution is -2.52. The number of carbonyl (C=O) groups excluding carboxylic acids is 3. The Hall–Kier alpha value is -2.97. The van der Waals surface area contributed by atoms with Gasteiger partial charge in [0.05, 0.1) is 6.42 Å². The quantitative estimate of drug-likeness (QED) is 0.570. The summed E-state index contributed by atoms with van der Waals surface area (Å²) in [7, 11) is 0. The number of aliphatic carboxylic acids is 1. The standard InChI is InChI=1S/C17H21FN2O6/c1-2-12(16(24)19-13(8-15(22)23)14(21)9-18)20-17(25)26-10-11-6-4-3-5-7-11/h3-7,12-13H,2,8-10H2,1H3,(H,19,24)(H,20,25)(H,22,23). The number of carboxylic acids is 1. The highest BCUT2D eigenvalue weighted by Gasteiger charge is 2.27. The lowest BCUT2D eigenvalue weighted by atomic mass is 10.1. The number of hydrogen-bond donors (Lipinski definition) is 3. The summed E-state index contributed by atoms with van der Waals surface area (Å²) < 4.78 is 17.5. The van der Waals surface area contributed by atoms with Crippen molar-refractivity contribution in [3.63, 3.8) is 0 Å². The molecule has 0 aliphatic heterocycles. The molecule has 0 radical (unpaired) electrons. The minimum Gasteiger partial charge on any atom is -0.481 e. The zero-order valence-corrected chi connectivity index (χ0v) is 14.2. The van der Waals surface area contributed by atoms with E-state index >= 15 is 0 Å². The van der Waals surface area contributed by atoms with Gasteiger partial charge in [0.2, 0.25) is 5.91 Å². The second-order valence-corrected chi connectivity index (χ2v) is 5.43. The van der Waals surface area contributed by atoms with Crippen LogP contribution in [0.5, 0.6) is 0 Å². The maximum absolute atomic E-state index is 12.5. The number of hydrogen-bond acceptors (Lipinski definition) is 5. The Labute approximate surface area is 149 Å². The lowest BCUT2D eigenvalue weighted by molar-refractivity contribution is -0.140. The van der Waals surface area contributed by atoms with Gasteiger partial charge in [-0.2, -0.15) is 0 Å². The number of alkyl halides is 1. The summed E-state index contributed by atoms with van der Waals surface area (Å²) in [6.07, 6.45) is -1.43. The summed E-state index contributed by atoms with van der Waals surface area (Å²) in [5, 5.41) is 13.2. The molecule has 0 fully saturated rings. The van der Waals surface area contributed by atoms with Crippen LogP contribution in [0, 0.1) is 0 Å². The van der Waals surface area contributed by atoms with Gasteiger partial charge in [-0.15, -0.1) is 0 Å². The summed E-state index contributed by atoms with van der Waals surface area (Å²) in [6, 6.07) is 6.34. The van der Waals surface area contributed by atoms with Gasteiger partial charge in [0.15, 0.2) is 5.78 Å². The van der Waals surface area contributed by atoms with Crippen LogP contribution in [0.25, 0.3) is 0 Å². The molecular formula is C17H21FN2O6.